The van der Waals surface area contributed by atoms with Crippen LogP contribution in [0, 0.1) is 0 Å². The molecular formula is C17H23N3O6. The molecule has 9 nitrogen and oxygen atoms in total. The first-order valence-corrected chi connectivity index (χ1v) is 8.21. The van der Waals surface area contributed by atoms with Crippen LogP contribution in [0.3, 0.4) is 0 Å². The normalized spacial score (nSPS) is 13.6. The maximum Gasteiger partial charge on any atom is 0.325 e. The standard InChI is InChI=1S/C17H23N3O6/c1-4-26-16(22)10-18-15(21)11-19-7-8-20(17(19)23)13-9-12(24-2)5-6-14(13)25-3/h5-6,9H,4,7-8,10-11H2,1-3H3,(H,18,21). The molecule has 0 radical (unpaired) electrons. The molecule has 3 amide bonds. The lowest BCUT2D eigenvalue weighted by atomic mass is 10.2. The van der Waals surface area contributed by atoms with E-state index in [1.165, 1.54) is 24.0 Å². The Labute approximate surface area is 151 Å². The van der Waals surface area contributed by atoms with E-state index in [0.717, 1.165) is 0 Å². The molecule has 1 saturated heterocycles. The topological polar surface area (TPSA) is 97.4 Å². The second-order valence-corrected chi connectivity index (χ2v) is 5.48. The van der Waals surface area contributed by atoms with Crippen molar-refractivity contribution >= 4 is 23.6 Å². The molecule has 1 fully saturated rings. The van der Waals surface area contributed by atoms with Gasteiger partial charge in [-0.15, -0.1) is 0 Å². The Morgan fingerprint density at radius 3 is 2.62 bits per heavy atom. The maximum absolute atomic E-state index is 12.6. The van der Waals surface area contributed by atoms with Crippen molar-refractivity contribution in [2.24, 2.45) is 0 Å². The molecular weight excluding hydrogens is 342 g/mol. The number of methoxy groups -OCH3 is 2. The summed E-state index contributed by atoms with van der Waals surface area (Å²) in [5.41, 5.74) is 0.575. The number of esters is 1. The van der Waals surface area contributed by atoms with E-state index in [-0.39, 0.29) is 25.7 Å². The third-order valence-corrected chi connectivity index (χ3v) is 3.84. The number of carbonyl (C=O) groups excluding carboxylic acids is 3. The number of hydrogen-bond donors (Lipinski definition) is 1. The van der Waals surface area contributed by atoms with E-state index in [9.17, 15) is 14.4 Å². The predicted molar refractivity (Wildman–Crippen MR) is 93.5 cm³/mol. The van der Waals surface area contributed by atoms with Gasteiger partial charge in [0.25, 0.3) is 0 Å². The Morgan fingerprint density at radius 2 is 1.96 bits per heavy atom. The van der Waals surface area contributed by atoms with Gasteiger partial charge in [0, 0.05) is 19.2 Å². The van der Waals surface area contributed by atoms with E-state index in [2.05, 4.69) is 5.32 Å². The van der Waals surface area contributed by atoms with Crippen molar-refractivity contribution in [3.8, 4) is 11.5 Å². The van der Waals surface area contributed by atoms with Crippen molar-refractivity contribution in [1.82, 2.24) is 10.2 Å². The largest absolute Gasteiger partial charge is 0.497 e. The Hall–Kier alpha value is -2.97. The van der Waals surface area contributed by atoms with Crippen molar-refractivity contribution in [2.75, 3.05) is 51.9 Å². The van der Waals surface area contributed by atoms with Crippen molar-refractivity contribution in [3.63, 3.8) is 0 Å². The monoisotopic (exact) mass is 365 g/mol. The van der Waals surface area contributed by atoms with Gasteiger partial charge in [0.15, 0.2) is 0 Å². The summed E-state index contributed by atoms with van der Waals surface area (Å²) in [4.78, 5) is 38.8. The molecule has 0 saturated carbocycles. The summed E-state index contributed by atoms with van der Waals surface area (Å²) in [6.45, 7) is 2.36. The zero-order chi connectivity index (χ0) is 19.1. The predicted octanol–water partition coefficient (Wildman–Crippen LogP) is 0.625. The summed E-state index contributed by atoms with van der Waals surface area (Å²) in [5.74, 6) is 0.189. The molecule has 1 N–H and O–H groups in total. The molecule has 0 aromatic heterocycles. The summed E-state index contributed by atoms with van der Waals surface area (Å²) in [6, 6.07) is 4.85. The molecule has 2 rings (SSSR count). The SMILES string of the molecule is CCOC(=O)CNC(=O)CN1CCN(c2cc(OC)ccc2OC)C1=O. The van der Waals surface area contributed by atoms with Crippen LogP contribution >= 0.6 is 0 Å². The Bertz CT molecular complexity index is 678. The fraction of sp³-hybridized carbons (Fsp3) is 0.471. The highest BCUT2D eigenvalue weighted by Crippen LogP contribution is 2.34. The van der Waals surface area contributed by atoms with Gasteiger partial charge in [0.1, 0.15) is 24.6 Å². The first kappa shape index (κ1) is 19.4. The third-order valence-electron chi connectivity index (χ3n) is 3.84. The van der Waals surface area contributed by atoms with Crippen molar-refractivity contribution in [1.29, 1.82) is 0 Å². The van der Waals surface area contributed by atoms with Gasteiger partial charge in [-0.25, -0.2) is 4.79 Å². The van der Waals surface area contributed by atoms with Crippen LogP contribution in [0.5, 0.6) is 11.5 Å². The van der Waals surface area contributed by atoms with Gasteiger partial charge in [-0.2, -0.15) is 0 Å². The minimum Gasteiger partial charge on any atom is -0.497 e. The fourth-order valence-electron chi connectivity index (χ4n) is 2.57. The van der Waals surface area contributed by atoms with Gasteiger partial charge in [0.2, 0.25) is 5.91 Å². The van der Waals surface area contributed by atoms with Gasteiger partial charge in [-0.05, 0) is 19.1 Å². The number of hydrogen-bond acceptors (Lipinski definition) is 6. The number of ether oxygens (including phenoxy) is 3. The highest BCUT2D eigenvalue weighted by molar-refractivity contribution is 5.98. The van der Waals surface area contributed by atoms with Gasteiger partial charge >= 0.3 is 12.0 Å². The number of benzene rings is 1. The van der Waals surface area contributed by atoms with E-state index < -0.39 is 11.9 Å². The van der Waals surface area contributed by atoms with E-state index in [1.54, 1.807) is 25.1 Å². The van der Waals surface area contributed by atoms with Crippen molar-refractivity contribution in [2.45, 2.75) is 6.92 Å². The second-order valence-electron chi connectivity index (χ2n) is 5.48. The fourth-order valence-corrected chi connectivity index (χ4v) is 2.57. The van der Waals surface area contributed by atoms with Crippen LogP contribution in [-0.4, -0.2) is 69.8 Å². The molecule has 1 heterocycles. The number of amides is 3. The lowest BCUT2D eigenvalue weighted by Gasteiger charge is -2.21. The lowest BCUT2D eigenvalue weighted by Crippen LogP contribution is -2.41. The van der Waals surface area contributed by atoms with Crippen LogP contribution in [-0.2, 0) is 14.3 Å². The van der Waals surface area contributed by atoms with Gasteiger partial charge in [-0.3, -0.25) is 14.5 Å². The van der Waals surface area contributed by atoms with Crippen molar-refractivity contribution in [3.05, 3.63) is 18.2 Å². The first-order valence-electron chi connectivity index (χ1n) is 8.21. The van der Waals surface area contributed by atoms with Gasteiger partial charge in [-0.1, -0.05) is 0 Å². The zero-order valence-electron chi connectivity index (χ0n) is 15.1. The molecule has 142 valence electrons. The average Bonchev–Trinajstić information content (AvgIpc) is 3.00. The number of urea groups is 1. The quantitative estimate of drug-likeness (QED) is 0.679. The van der Waals surface area contributed by atoms with Crippen LogP contribution < -0.4 is 19.7 Å². The number of nitrogens with zero attached hydrogens (tertiary/aromatic N) is 2. The van der Waals surface area contributed by atoms with E-state index in [4.69, 9.17) is 14.2 Å². The van der Waals surface area contributed by atoms with Crippen LogP contribution in [0.1, 0.15) is 6.92 Å². The van der Waals surface area contributed by atoms with E-state index in [1.807, 2.05) is 0 Å². The number of anilines is 1. The van der Waals surface area contributed by atoms with Crippen LogP contribution in [0.4, 0.5) is 10.5 Å². The molecule has 1 aliphatic rings. The van der Waals surface area contributed by atoms with Crippen molar-refractivity contribution < 1.29 is 28.6 Å². The molecule has 0 spiro atoms. The Balaban J connectivity index is 1.99. The van der Waals surface area contributed by atoms with Gasteiger partial charge in [0.05, 0.1) is 26.5 Å². The molecule has 1 aliphatic heterocycles. The average molecular weight is 365 g/mol. The van der Waals surface area contributed by atoms with Crippen LogP contribution in [0.25, 0.3) is 0 Å². The number of carbonyl (C=O) groups is 3. The molecule has 0 bridgehead atoms. The smallest absolute Gasteiger partial charge is 0.325 e. The first-order chi connectivity index (χ1) is 12.5. The Morgan fingerprint density at radius 1 is 1.19 bits per heavy atom. The summed E-state index contributed by atoms with van der Waals surface area (Å²) in [6.07, 6.45) is 0. The summed E-state index contributed by atoms with van der Waals surface area (Å²) >= 11 is 0. The molecule has 0 atom stereocenters. The molecule has 1 aromatic carbocycles. The van der Waals surface area contributed by atoms with E-state index >= 15 is 0 Å². The number of nitrogens with one attached hydrogen (secondary N) is 1. The molecule has 0 aliphatic carbocycles. The molecule has 1 aromatic rings. The number of rotatable bonds is 8. The molecule has 26 heavy (non-hydrogen) atoms. The van der Waals surface area contributed by atoms with E-state index in [0.29, 0.717) is 30.3 Å². The minimum absolute atomic E-state index is 0.138. The lowest BCUT2D eigenvalue weighted by molar-refractivity contribution is -0.143. The summed E-state index contributed by atoms with van der Waals surface area (Å²) < 4.78 is 15.2. The maximum atomic E-state index is 12.6. The Kier molecular flexibility index (Phi) is 6.65. The zero-order valence-corrected chi connectivity index (χ0v) is 15.1. The highest BCUT2D eigenvalue weighted by Gasteiger charge is 2.32. The highest BCUT2D eigenvalue weighted by atomic mass is 16.5. The molecule has 0 unspecified atom stereocenters. The minimum atomic E-state index is -0.517. The summed E-state index contributed by atoms with van der Waals surface area (Å²) in [7, 11) is 3.06. The van der Waals surface area contributed by atoms with Crippen LogP contribution in [0.2, 0.25) is 0 Å². The molecule has 9 heteroatoms. The van der Waals surface area contributed by atoms with Gasteiger partial charge < -0.3 is 24.4 Å². The summed E-state index contributed by atoms with van der Waals surface area (Å²) in [5, 5.41) is 2.44. The second kappa shape index (κ2) is 8.93. The third kappa shape index (κ3) is 4.56. The van der Waals surface area contributed by atoms with Crippen LogP contribution in [0.15, 0.2) is 18.2 Å².